The fourth-order valence-corrected chi connectivity index (χ4v) is 0.541. The first-order valence-corrected chi connectivity index (χ1v) is 4.58. The molecule has 18 heavy (non-hydrogen) atoms. The van der Waals surface area contributed by atoms with Gasteiger partial charge in [-0.2, -0.15) is 0 Å². The van der Waals surface area contributed by atoms with Crippen molar-refractivity contribution in [2.45, 2.75) is 25.7 Å². The highest BCUT2D eigenvalue weighted by molar-refractivity contribution is 6.32. The zero-order chi connectivity index (χ0) is 14.7. The summed E-state index contributed by atoms with van der Waals surface area (Å²) in [6.45, 7) is 0. The molecule has 9 heteroatoms. The van der Waals surface area contributed by atoms with Gasteiger partial charge in [0.25, 0.3) is 0 Å². The van der Waals surface area contributed by atoms with Gasteiger partial charge < -0.3 is 20.4 Å². The highest BCUT2D eigenvalue weighted by atomic mass is 16.4. The number of ketones is 1. The summed E-state index contributed by atoms with van der Waals surface area (Å²) in [6, 6.07) is 0. The average Bonchev–Trinajstić information content (AvgIpc) is 2.23. The van der Waals surface area contributed by atoms with Crippen LogP contribution in [-0.4, -0.2) is 50.1 Å². The Balaban J connectivity index is 0. The highest BCUT2D eigenvalue weighted by Crippen LogP contribution is 1.90. The molecule has 0 aliphatic rings. The van der Waals surface area contributed by atoms with Crippen LogP contribution in [0.3, 0.4) is 0 Å². The van der Waals surface area contributed by atoms with E-state index in [9.17, 15) is 24.0 Å². The third kappa shape index (κ3) is 16.0. The summed E-state index contributed by atoms with van der Waals surface area (Å²) in [4.78, 5) is 49.0. The van der Waals surface area contributed by atoms with Crippen LogP contribution < -0.4 is 0 Å². The third-order valence-corrected chi connectivity index (χ3v) is 1.36. The summed E-state index contributed by atoms with van der Waals surface area (Å²) >= 11 is 0. The monoisotopic (exact) mass is 264 g/mol. The van der Waals surface area contributed by atoms with Crippen molar-refractivity contribution >= 4 is 29.7 Å². The Morgan fingerprint density at radius 2 is 0.833 bits per heavy atom. The van der Waals surface area contributed by atoms with Crippen LogP contribution in [0.4, 0.5) is 0 Å². The van der Waals surface area contributed by atoms with Crippen LogP contribution in [0.25, 0.3) is 0 Å². The molecule has 0 fully saturated rings. The van der Waals surface area contributed by atoms with Crippen molar-refractivity contribution in [2.24, 2.45) is 0 Å². The summed E-state index contributed by atoms with van der Waals surface area (Å²) in [5.74, 6) is -5.97. The smallest absolute Gasteiger partial charge is 0.372 e. The number of aliphatic carboxylic acids is 4. The molecule has 9 nitrogen and oxygen atoms in total. The number of Topliss-reactive ketones (excluding diaryl/α,β-unsaturated/α-hetero) is 1. The van der Waals surface area contributed by atoms with E-state index in [4.69, 9.17) is 20.4 Å². The Bertz CT molecular complexity index is 330. The molecule has 0 aromatic carbocycles. The Kier molecular flexibility index (Phi) is 9.72. The first-order valence-electron chi connectivity index (χ1n) is 4.58. The molecule has 0 atom stereocenters. The molecule has 0 radical (unpaired) electrons. The van der Waals surface area contributed by atoms with Crippen molar-refractivity contribution in [2.75, 3.05) is 0 Å². The van der Waals surface area contributed by atoms with E-state index >= 15 is 0 Å². The van der Waals surface area contributed by atoms with E-state index < -0.39 is 42.5 Å². The Morgan fingerprint density at radius 3 is 1.06 bits per heavy atom. The third-order valence-electron chi connectivity index (χ3n) is 1.36. The number of carbonyl (C=O) groups is 5. The van der Waals surface area contributed by atoms with Crippen molar-refractivity contribution < 1.29 is 44.4 Å². The second-order valence-electron chi connectivity index (χ2n) is 2.91. The van der Waals surface area contributed by atoms with Crippen LogP contribution in [0, 0.1) is 0 Å². The molecule has 0 spiro atoms. The van der Waals surface area contributed by atoms with E-state index in [-0.39, 0.29) is 12.8 Å². The van der Waals surface area contributed by atoms with Crippen LogP contribution >= 0.6 is 0 Å². The van der Waals surface area contributed by atoms with Gasteiger partial charge in [0.05, 0.1) is 19.3 Å². The lowest BCUT2D eigenvalue weighted by Crippen LogP contribution is -2.13. The Hall–Kier alpha value is -2.45. The van der Waals surface area contributed by atoms with Crippen LogP contribution in [0.1, 0.15) is 25.7 Å². The van der Waals surface area contributed by atoms with E-state index in [0.717, 1.165) is 0 Å². The summed E-state index contributed by atoms with van der Waals surface area (Å²) in [5, 5.41) is 31.7. The second-order valence-corrected chi connectivity index (χ2v) is 2.91. The van der Waals surface area contributed by atoms with Crippen molar-refractivity contribution in [3.63, 3.8) is 0 Å². The van der Waals surface area contributed by atoms with Crippen LogP contribution in [0.2, 0.25) is 0 Å². The fraction of sp³-hybridized carbons (Fsp3) is 0.444. The molecule has 0 unspecified atom stereocenters. The lowest BCUT2D eigenvalue weighted by molar-refractivity contribution is -0.149. The maximum atomic E-state index is 10.2. The molecule has 0 saturated carbocycles. The second kappa shape index (κ2) is 9.75. The molecular weight excluding hydrogens is 252 g/mol. The van der Waals surface area contributed by atoms with Crippen molar-refractivity contribution in [3.05, 3.63) is 0 Å². The molecule has 0 aromatic heterocycles. The lowest BCUT2D eigenvalue weighted by atomic mass is 10.2. The fourth-order valence-electron chi connectivity index (χ4n) is 0.541. The SMILES string of the molecule is O=C(O)CCC(=O)C(=O)O.O=C(O)CCC(=O)O. The van der Waals surface area contributed by atoms with Crippen molar-refractivity contribution in [1.29, 1.82) is 0 Å². The number of hydrogen-bond acceptors (Lipinski definition) is 5. The molecule has 0 bridgehead atoms. The number of rotatable bonds is 7. The summed E-state index contributed by atoms with van der Waals surface area (Å²) in [5.41, 5.74) is 0. The number of carbonyl (C=O) groups excluding carboxylic acids is 1. The maximum Gasteiger partial charge on any atom is 0.372 e. The van der Waals surface area contributed by atoms with Gasteiger partial charge >= 0.3 is 23.9 Å². The molecule has 0 amide bonds. The number of carboxylic acid groups (broad SMARTS) is 4. The van der Waals surface area contributed by atoms with E-state index in [0.29, 0.717) is 0 Å². The van der Waals surface area contributed by atoms with Gasteiger partial charge in [0, 0.05) is 6.42 Å². The minimum Gasteiger partial charge on any atom is -0.481 e. The molecule has 0 aromatic rings. The van der Waals surface area contributed by atoms with E-state index in [1.807, 2.05) is 0 Å². The molecule has 0 aliphatic heterocycles. The molecule has 4 N–H and O–H groups in total. The minimum atomic E-state index is -1.58. The number of carboxylic acids is 4. The summed E-state index contributed by atoms with van der Waals surface area (Å²) in [7, 11) is 0. The predicted molar refractivity (Wildman–Crippen MR) is 54.0 cm³/mol. The highest BCUT2D eigenvalue weighted by Gasteiger charge is 2.12. The minimum absolute atomic E-state index is 0.296. The van der Waals surface area contributed by atoms with Gasteiger partial charge in [0.1, 0.15) is 0 Å². The first kappa shape index (κ1) is 17.9. The van der Waals surface area contributed by atoms with Crippen LogP contribution in [-0.2, 0) is 24.0 Å². The van der Waals surface area contributed by atoms with E-state index in [1.165, 1.54) is 0 Å². The van der Waals surface area contributed by atoms with Crippen LogP contribution in [0.15, 0.2) is 0 Å². The quantitative estimate of drug-likeness (QED) is 0.440. The van der Waals surface area contributed by atoms with E-state index in [2.05, 4.69) is 0 Å². The lowest BCUT2D eigenvalue weighted by Gasteiger charge is -1.88. The largest absolute Gasteiger partial charge is 0.481 e. The number of hydrogen-bond donors (Lipinski definition) is 4. The van der Waals surface area contributed by atoms with Crippen molar-refractivity contribution in [1.82, 2.24) is 0 Å². The van der Waals surface area contributed by atoms with Gasteiger partial charge in [-0.25, -0.2) is 4.79 Å². The van der Waals surface area contributed by atoms with Crippen LogP contribution in [0.5, 0.6) is 0 Å². The van der Waals surface area contributed by atoms with Gasteiger partial charge in [-0.1, -0.05) is 0 Å². The molecule has 102 valence electrons. The van der Waals surface area contributed by atoms with Gasteiger partial charge in [-0.05, 0) is 0 Å². The zero-order valence-electron chi connectivity index (χ0n) is 9.16. The van der Waals surface area contributed by atoms with Gasteiger partial charge in [-0.15, -0.1) is 0 Å². The zero-order valence-corrected chi connectivity index (χ0v) is 9.16. The van der Waals surface area contributed by atoms with Gasteiger partial charge in [0.2, 0.25) is 5.78 Å². The molecule has 0 rings (SSSR count). The summed E-state index contributed by atoms with van der Waals surface area (Å²) < 4.78 is 0. The normalized spacial score (nSPS) is 8.67. The predicted octanol–water partition coefficient (Wildman–Crippen LogP) is -0.559. The standard InChI is InChI=1S/C5H6O5.C4H6O4/c6-3(5(9)10)1-2-4(7)8;5-3(6)1-2-4(7)8/h1-2H2,(H,7,8)(H,9,10);1-2H2,(H,5,6)(H,7,8). The Labute approximate surface area is 101 Å². The molecular formula is C9H12O9. The Morgan fingerprint density at radius 1 is 0.556 bits per heavy atom. The first-order chi connectivity index (χ1) is 8.16. The van der Waals surface area contributed by atoms with Gasteiger partial charge in [0.15, 0.2) is 0 Å². The van der Waals surface area contributed by atoms with Crippen molar-refractivity contribution in [3.8, 4) is 0 Å². The van der Waals surface area contributed by atoms with E-state index in [1.54, 1.807) is 0 Å². The maximum absolute atomic E-state index is 10.2. The average molecular weight is 264 g/mol. The molecule has 0 heterocycles. The molecule has 0 aliphatic carbocycles. The molecule has 0 saturated heterocycles. The van der Waals surface area contributed by atoms with Gasteiger partial charge in [-0.3, -0.25) is 19.2 Å². The topological polar surface area (TPSA) is 166 Å². The summed E-state index contributed by atoms with van der Waals surface area (Å²) in [6.07, 6.45) is -1.46.